The average molecular weight is 546 g/mol. The molecule has 4 heterocycles. The SMILES string of the molecule is O=C1NC(O)/C(=C/c2ccnc(N3CCC(CNCc4ccc(-c5ccccc5C(F)(F)F)o4)CC3)n2)S1. The molecule has 1 unspecified atom stereocenters. The molecule has 3 N–H and O–H groups in total. The fraction of sp³-hybridized carbons (Fsp3) is 0.346. The summed E-state index contributed by atoms with van der Waals surface area (Å²) in [5.41, 5.74) is -0.0640. The van der Waals surface area contributed by atoms with Gasteiger partial charge in [0.2, 0.25) is 5.95 Å². The van der Waals surface area contributed by atoms with Gasteiger partial charge in [-0.25, -0.2) is 9.97 Å². The third-order valence-electron chi connectivity index (χ3n) is 6.48. The number of hydrogen-bond acceptors (Lipinski definition) is 8. The molecule has 12 heteroatoms. The summed E-state index contributed by atoms with van der Waals surface area (Å²) in [4.78, 5) is 23.0. The van der Waals surface area contributed by atoms with Crippen LogP contribution < -0.4 is 15.5 Å². The number of halogens is 3. The van der Waals surface area contributed by atoms with Crippen LogP contribution in [0.1, 0.15) is 29.9 Å². The fourth-order valence-electron chi connectivity index (χ4n) is 4.52. The molecule has 1 amide bonds. The summed E-state index contributed by atoms with van der Waals surface area (Å²) in [5.74, 6) is 1.81. The van der Waals surface area contributed by atoms with Crippen molar-refractivity contribution in [2.75, 3.05) is 24.5 Å². The number of aromatic nitrogens is 2. The zero-order valence-corrected chi connectivity index (χ0v) is 21.1. The van der Waals surface area contributed by atoms with Gasteiger partial charge in [0, 0.05) is 29.8 Å². The van der Waals surface area contributed by atoms with E-state index in [1.807, 2.05) is 0 Å². The topological polar surface area (TPSA) is 104 Å². The summed E-state index contributed by atoms with van der Waals surface area (Å²) in [6, 6.07) is 10.4. The number of amides is 1. The van der Waals surface area contributed by atoms with E-state index in [1.165, 1.54) is 12.1 Å². The summed E-state index contributed by atoms with van der Waals surface area (Å²) in [5, 5.41) is 15.4. The first kappa shape index (κ1) is 26.3. The smallest absolute Gasteiger partial charge is 0.417 e. The number of piperidine rings is 1. The van der Waals surface area contributed by atoms with Gasteiger partial charge in [0.05, 0.1) is 17.8 Å². The molecule has 8 nitrogen and oxygen atoms in total. The van der Waals surface area contributed by atoms with Crippen LogP contribution in [0.15, 0.2) is 58.0 Å². The van der Waals surface area contributed by atoms with E-state index < -0.39 is 18.0 Å². The number of anilines is 1. The van der Waals surface area contributed by atoms with E-state index >= 15 is 0 Å². The van der Waals surface area contributed by atoms with Crippen molar-refractivity contribution < 1.29 is 27.5 Å². The van der Waals surface area contributed by atoms with Gasteiger partial charge in [0.25, 0.3) is 5.24 Å². The number of carbonyl (C=O) groups is 1. The van der Waals surface area contributed by atoms with E-state index in [1.54, 1.807) is 36.5 Å². The lowest BCUT2D eigenvalue weighted by Crippen LogP contribution is -2.38. The van der Waals surface area contributed by atoms with Crippen LogP contribution in [0, 0.1) is 5.92 Å². The zero-order valence-electron chi connectivity index (χ0n) is 20.2. The summed E-state index contributed by atoms with van der Waals surface area (Å²) in [7, 11) is 0. The Balaban J connectivity index is 1.11. The highest BCUT2D eigenvalue weighted by Gasteiger charge is 2.34. The Morgan fingerprint density at radius 2 is 1.97 bits per heavy atom. The van der Waals surface area contributed by atoms with E-state index in [4.69, 9.17) is 4.42 Å². The summed E-state index contributed by atoms with van der Waals surface area (Å²) in [6.07, 6.45) is -0.271. The number of nitrogens with zero attached hydrogens (tertiary/aromatic N) is 3. The lowest BCUT2D eigenvalue weighted by Gasteiger charge is -2.32. The monoisotopic (exact) mass is 545 g/mol. The number of alkyl halides is 3. The first-order valence-electron chi connectivity index (χ1n) is 12.2. The van der Waals surface area contributed by atoms with Gasteiger partial charge in [0.15, 0.2) is 6.23 Å². The molecule has 0 saturated carbocycles. The maximum atomic E-state index is 13.3. The second kappa shape index (κ2) is 11.2. The van der Waals surface area contributed by atoms with Crippen molar-refractivity contribution >= 4 is 29.0 Å². The second-order valence-corrected chi connectivity index (χ2v) is 10.2. The van der Waals surface area contributed by atoms with E-state index in [9.17, 15) is 23.1 Å². The Morgan fingerprint density at radius 3 is 2.71 bits per heavy atom. The number of nitrogens with one attached hydrogen (secondary N) is 2. The summed E-state index contributed by atoms with van der Waals surface area (Å²) >= 11 is 0.946. The third kappa shape index (κ3) is 6.20. The highest BCUT2D eigenvalue weighted by Crippen LogP contribution is 2.37. The molecule has 2 aliphatic heterocycles. The van der Waals surface area contributed by atoms with Gasteiger partial charge in [-0.2, -0.15) is 13.2 Å². The molecule has 2 aromatic heterocycles. The minimum absolute atomic E-state index is 0.0319. The molecule has 5 rings (SSSR count). The normalized spacial score (nSPS) is 19.8. The van der Waals surface area contributed by atoms with Crippen molar-refractivity contribution in [3.8, 4) is 11.3 Å². The molecule has 0 bridgehead atoms. The molecule has 1 atom stereocenters. The Kier molecular flexibility index (Phi) is 7.73. The molecule has 2 fully saturated rings. The fourth-order valence-corrected chi connectivity index (χ4v) is 5.26. The quantitative estimate of drug-likeness (QED) is 0.386. The summed E-state index contributed by atoms with van der Waals surface area (Å²) < 4.78 is 45.7. The van der Waals surface area contributed by atoms with Crippen LogP contribution in [0.3, 0.4) is 0 Å². The van der Waals surface area contributed by atoms with Gasteiger partial charge in [-0.3, -0.25) is 4.79 Å². The number of thioether (sulfide) groups is 1. The number of hydrogen-bond donors (Lipinski definition) is 3. The minimum atomic E-state index is -4.45. The van der Waals surface area contributed by atoms with Crippen molar-refractivity contribution in [1.29, 1.82) is 0 Å². The Bertz CT molecular complexity index is 1320. The molecule has 2 saturated heterocycles. The van der Waals surface area contributed by atoms with E-state index in [0.29, 0.717) is 34.8 Å². The van der Waals surface area contributed by atoms with Crippen LogP contribution in [0.25, 0.3) is 17.4 Å². The van der Waals surface area contributed by atoms with Crippen molar-refractivity contribution in [2.24, 2.45) is 5.92 Å². The number of furan rings is 1. The van der Waals surface area contributed by atoms with Crippen molar-refractivity contribution in [1.82, 2.24) is 20.6 Å². The van der Waals surface area contributed by atoms with Crippen LogP contribution in [0.2, 0.25) is 0 Å². The summed E-state index contributed by atoms with van der Waals surface area (Å²) in [6.45, 7) is 2.74. The molecule has 3 aromatic rings. The van der Waals surface area contributed by atoms with Gasteiger partial charge in [0.1, 0.15) is 11.5 Å². The van der Waals surface area contributed by atoms with Gasteiger partial charge in [-0.1, -0.05) is 18.2 Å². The molecule has 2 aliphatic rings. The number of rotatable bonds is 7. The number of benzene rings is 1. The maximum Gasteiger partial charge on any atom is 0.417 e. The lowest BCUT2D eigenvalue weighted by molar-refractivity contribution is -0.137. The van der Waals surface area contributed by atoms with Crippen LogP contribution in [-0.2, 0) is 12.7 Å². The molecular formula is C26H26F3N5O3S. The Labute approximate surface area is 221 Å². The van der Waals surface area contributed by atoms with E-state index in [-0.39, 0.29) is 16.6 Å². The lowest BCUT2D eigenvalue weighted by atomic mass is 9.97. The standard InChI is InChI=1S/C26H26F3N5O3S/c27-26(28,29)20-4-2-1-3-19(20)21-6-5-18(37-21)15-30-14-16-8-11-34(12-9-16)24-31-10-7-17(32-24)13-22-23(35)33-25(36)38-22/h1-7,10,13,16,23,30,35H,8-9,11-12,14-15H2,(H,33,36)/b22-13-. The first-order chi connectivity index (χ1) is 18.3. The molecule has 0 spiro atoms. The van der Waals surface area contributed by atoms with Crippen LogP contribution in [0.5, 0.6) is 0 Å². The predicted octanol–water partition coefficient (Wildman–Crippen LogP) is 4.88. The molecular weight excluding hydrogens is 519 g/mol. The minimum Gasteiger partial charge on any atom is -0.460 e. The average Bonchev–Trinajstić information content (AvgIpc) is 3.49. The number of aliphatic hydroxyl groups is 1. The van der Waals surface area contributed by atoms with E-state index in [2.05, 4.69) is 25.5 Å². The van der Waals surface area contributed by atoms with Crippen molar-refractivity contribution in [3.05, 3.63) is 70.6 Å². The highest BCUT2D eigenvalue weighted by molar-refractivity contribution is 8.17. The Hall–Kier alpha value is -3.35. The first-order valence-corrected chi connectivity index (χ1v) is 13.0. The predicted molar refractivity (Wildman–Crippen MR) is 138 cm³/mol. The van der Waals surface area contributed by atoms with Gasteiger partial charge in [-0.15, -0.1) is 0 Å². The highest BCUT2D eigenvalue weighted by atomic mass is 32.2. The van der Waals surface area contributed by atoms with E-state index in [0.717, 1.165) is 50.3 Å². The molecule has 200 valence electrons. The number of carbonyl (C=O) groups excluding carboxylic acids is 1. The van der Waals surface area contributed by atoms with Crippen LogP contribution in [-0.4, -0.2) is 46.2 Å². The largest absolute Gasteiger partial charge is 0.460 e. The maximum absolute atomic E-state index is 13.3. The van der Waals surface area contributed by atoms with Crippen molar-refractivity contribution in [2.45, 2.75) is 31.8 Å². The number of aliphatic hydroxyl groups excluding tert-OH is 1. The van der Waals surface area contributed by atoms with Gasteiger partial charge < -0.3 is 25.1 Å². The molecule has 1 aromatic carbocycles. The Morgan fingerprint density at radius 1 is 1.18 bits per heavy atom. The van der Waals surface area contributed by atoms with Crippen molar-refractivity contribution in [3.63, 3.8) is 0 Å². The second-order valence-electron chi connectivity index (χ2n) is 9.14. The molecule has 0 radical (unpaired) electrons. The third-order valence-corrected chi connectivity index (χ3v) is 7.36. The van der Waals surface area contributed by atoms with Gasteiger partial charge >= 0.3 is 6.18 Å². The zero-order chi connectivity index (χ0) is 26.7. The molecule has 0 aliphatic carbocycles. The van der Waals surface area contributed by atoms with Crippen LogP contribution >= 0.6 is 11.8 Å². The molecule has 38 heavy (non-hydrogen) atoms. The van der Waals surface area contributed by atoms with Crippen LogP contribution in [0.4, 0.5) is 23.9 Å². The van der Waals surface area contributed by atoms with Gasteiger partial charge in [-0.05, 0) is 67.4 Å².